The van der Waals surface area contributed by atoms with E-state index in [-0.39, 0.29) is 34.9 Å². The monoisotopic (exact) mass is 356 g/mol. The Bertz CT molecular complexity index is 708. The molecular weight excluding hydrogens is 340 g/mol. The zero-order valence-electron chi connectivity index (χ0n) is 13.3. The van der Waals surface area contributed by atoms with Crippen LogP contribution < -0.4 is 5.32 Å². The van der Waals surface area contributed by atoms with Crippen LogP contribution in [0.25, 0.3) is 0 Å². The zero-order valence-corrected chi connectivity index (χ0v) is 14.2. The summed E-state index contributed by atoms with van der Waals surface area (Å²) in [4.78, 5) is 57.1. The summed E-state index contributed by atoms with van der Waals surface area (Å²) < 4.78 is 4.61. The first-order valence-electron chi connectivity index (χ1n) is 7.13. The number of anilines is 1. The number of thiophene rings is 1. The quantitative estimate of drug-likeness (QED) is 0.247. The predicted octanol–water partition coefficient (Wildman–Crippen LogP) is 1.88. The van der Waals surface area contributed by atoms with Crippen molar-refractivity contribution in [1.82, 2.24) is 0 Å². The fourth-order valence-electron chi connectivity index (χ4n) is 1.87. The third kappa shape index (κ3) is 4.02. The van der Waals surface area contributed by atoms with Crippen LogP contribution in [-0.2, 0) is 25.5 Å². The molecule has 9 nitrogen and oxygen atoms in total. The third-order valence-corrected chi connectivity index (χ3v) is 4.12. The molecule has 0 aliphatic carbocycles. The summed E-state index contributed by atoms with van der Waals surface area (Å²) in [5.41, 5.74) is -0.477. The smallest absolute Gasteiger partial charge is 0.380 e. The lowest BCUT2D eigenvalue weighted by molar-refractivity contribution is -0.384. The van der Waals surface area contributed by atoms with Crippen molar-refractivity contribution in [2.24, 2.45) is 0 Å². The van der Waals surface area contributed by atoms with Crippen molar-refractivity contribution in [3.63, 3.8) is 0 Å². The minimum absolute atomic E-state index is 0.0160. The molecule has 0 aromatic carbocycles. The molecule has 0 radical (unpaired) electrons. The van der Waals surface area contributed by atoms with Crippen LogP contribution in [-0.4, -0.2) is 35.0 Å². The fraction of sp³-hybridized carbons (Fsp3) is 0.429. The molecule has 130 valence electrons. The van der Waals surface area contributed by atoms with Crippen LogP contribution in [0.3, 0.4) is 0 Å². The van der Waals surface area contributed by atoms with Gasteiger partial charge in [-0.2, -0.15) is 0 Å². The molecule has 0 bridgehead atoms. The molecule has 0 atom stereocenters. The number of nitrogens with zero attached hydrogens (tertiary/aromatic N) is 1. The van der Waals surface area contributed by atoms with Crippen molar-refractivity contribution in [2.45, 2.75) is 33.6 Å². The van der Waals surface area contributed by atoms with Gasteiger partial charge < -0.3 is 10.1 Å². The topological polar surface area (TPSA) is 133 Å². The molecule has 1 N–H and O–H groups in total. The summed E-state index contributed by atoms with van der Waals surface area (Å²) >= 11 is 0.581. The highest BCUT2D eigenvalue weighted by Gasteiger charge is 2.34. The summed E-state index contributed by atoms with van der Waals surface area (Å²) in [6.07, 6.45) is 0.0190. The largest absolute Gasteiger partial charge is 0.460 e. The van der Waals surface area contributed by atoms with E-state index in [1.165, 1.54) is 13.8 Å². The average molecular weight is 356 g/mol. The van der Waals surface area contributed by atoms with E-state index in [0.29, 0.717) is 11.3 Å². The maximum absolute atomic E-state index is 12.1. The third-order valence-electron chi connectivity index (χ3n) is 2.98. The van der Waals surface area contributed by atoms with Crippen LogP contribution in [0.4, 0.5) is 10.7 Å². The number of carbonyl (C=O) groups is 4. The normalized spacial score (nSPS) is 10.1. The molecule has 1 rings (SSSR count). The molecule has 0 aliphatic heterocycles. The van der Waals surface area contributed by atoms with Gasteiger partial charge in [-0.25, -0.2) is 4.79 Å². The van der Waals surface area contributed by atoms with Crippen LogP contribution in [0, 0.1) is 10.1 Å². The summed E-state index contributed by atoms with van der Waals surface area (Å²) in [5.74, 6) is -3.93. The van der Waals surface area contributed by atoms with Gasteiger partial charge in [0.05, 0.1) is 22.0 Å². The van der Waals surface area contributed by atoms with Crippen molar-refractivity contribution in [3.05, 3.63) is 20.6 Å². The second-order valence-electron chi connectivity index (χ2n) is 4.48. The van der Waals surface area contributed by atoms with Gasteiger partial charge in [0, 0.05) is 6.42 Å². The van der Waals surface area contributed by atoms with Crippen LogP contribution in [0.5, 0.6) is 0 Å². The van der Waals surface area contributed by atoms with Gasteiger partial charge in [-0.3, -0.25) is 24.5 Å². The van der Waals surface area contributed by atoms with Gasteiger partial charge in [0.25, 0.3) is 11.7 Å². The first kappa shape index (κ1) is 19.4. The van der Waals surface area contributed by atoms with E-state index < -0.39 is 34.1 Å². The summed E-state index contributed by atoms with van der Waals surface area (Å²) in [5, 5.41) is 13.2. The molecule has 0 saturated carbocycles. The number of carbonyl (C=O) groups excluding carboxylic acids is 4. The number of ketones is 2. The van der Waals surface area contributed by atoms with Crippen molar-refractivity contribution in [1.29, 1.82) is 0 Å². The molecule has 0 spiro atoms. The lowest BCUT2D eigenvalue weighted by Crippen LogP contribution is -2.21. The Labute approximate surface area is 141 Å². The van der Waals surface area contributed by atoms with Crippen molar-refractivity contribution in [2.75, 3.05) is 11.9 Å². The maximum atomic E-state index is 12.1. The highest BCUT2D eigenvalue weighted by atomic mass is 32.1. The van der Waals surface area contributed by atoms with Gasteiger partial charge in [-0.15, -0.1) is 11.3 Å². The van der Waals surface area contributed by atoms with Gasteiger partial charge in [-0.05, 0) is 13.3 Å². The van der Waals surface area contributed by atoms with E-state index in [2.05, 4.69) is 10.1 Å². The molecular formula is C14H16N2O7S. The standard InChI is InChI=1S/C14H16N2O7S/c1-4-7-9(16(21)22)13(15-12(19)8(17)5-2)24-11(7)10(18)14(20)23-6-3/h4-6H2,1-3H3,(H,15,19). The van der Waals surface area contributed by atoms with E-state index in [0.717, 1.165) is 0 Å². The molecule has 0 saturated heterocycles. The minimum atomic E-state index is -1.13. The molecule has 1 aromatic heterocycles. The Morgan fingerprint density at radius 3 is 2.29 bits per heavy atom. The summed E-state index contributed by atoms with van der Waals surface area (Å²) in [7, 11) is 0. The van der Waals surface area contributed by atoms with Gasteiger partial charge in [0.2, 0.25) is 5.78 Å². The molecule has 1 amide bonds. The Balaban J connectivity index is 3.37. The fourth-order valence-corrected chi connectivity index (χ4v) is 3.05. The SMILES string of the molecule is CCOC(=O)C(=O)c1sc(NC(=O)C(=O)CC)c([N+](=O)[O-])c1CC. The van der Waals surface area contributed by atoms with Gasteiger partial charge in [-0.1, -0.05) is 13.8 Å². The first-order valence-corrected chi connectivity index (χ1v) is 7.95. The molecule has 0 fully saturated rings. The summed E-state index contributed by atoms with van der Waals surface area (Å²) in [6, 6.07) is 0. The van der Waals surface area contributed by atoms with E-state index in [1.807, 2.05) is 0 Å². The Morgan fingerprint density at radius 1 is 1.21 bits per heavy atom. The summed E-state index contributed by atoms with van der Waals surface area (Å²) in [6.45, 7) is 4.54. The highest BCUT2D eigenvalue weighted by molar-refractivity contribution is 7.19. The number of rotatable bonds is 8. The van der Waals surface area contributed by atoms with Crippen molar-refractivity contribution >= 4 is 45.5 Å². The van der Waals surface area contributed by atoms with E-state index >= 15 is 0 Å². The number of nitro groups is 1. The molecule has 24 heavy (non-hydrogen) atoms. The van der Waals surface area contributed by atoms with Crippen molar-refractivity contribution < 1.29 is 28.8 Å². The Morgan fingerprint density at radius 2 is 1.83 bits per heavy atom. The molecule has 0 unspecified atom stereocenters. The number of esters is 1. The Kier molecular flexibility index (Phi) is 6.71. The molecule has 10 heteroatoms. The van der Waals surface area contributed by atoms with Gasteiger partial charge in [0.1, 0.15) is 0 Å². The zero-order chi connectivity index (χ0) is 18.4. The molecule has 1 heterocycles. The van der Waals surface area contributed by atoms with Crippen LogP contribution in [0.15, 0.2) is 0 Å². The molecule has 0 aliphatic rings. The highest BCUT2D eigenvalue weighted by Crippen LogP contribution is 2.40. The predicted molar refractivity (Wildman–Crippen MR) is 85.2 cm³/mol. The van der Waals surface area contributed by atoms with Crippen LogP contribution >= 0.6 is 11.3 Å². The first-order chi connectivity index (χ1) is 11.3. The van der Waals surface area contributed by atoms with Crippen LogP contribution in [0.2, 0.25) is 0 Å². The number of ether oxygens (including phenoxy) is 1. The van der Waals surface area contributed by atoms with E-state index in [9.17, 15) is 29.3 Å². The van der Waals surface area contributed by atoms with E-state index in [1.54, 1.807) is 6.92 Å². The minimum Gasteiger partial charge on any atom is -0.460 e. The number of Topliss-reactive ketones (excluding diaryl/α,β-unsaturated/α-hetero) is 2. The van der Waals surface area contributed by atoms with Crippen molar-refractivity contribution in [3.8, 4) is 0 Å². The Hall–Kier alpha value is -2.62. The lowest BCUT2D eigenvalue weighted by Gasteiger charge is -2.01. The number of hydrogen-bond donors (Lipinski definition) is 1. The second kappa shape index (κ2) is 8.29. The average Bonchev–Trinajstić information content (AvgIpc) is 2.91. The lowest BCUT2D eigenvalue weighted by atomic mass is 10.1. The van der Waals surface area contributed by atoms with Gasteiger partial charge in [0.15, 0.2) is 5.00 Å². The number of nitrogens with one attached hydrogen (secondary N) is 1. The second-order valence-corrected chi connectivity index (χ2v) is 5.50. The number of amides is 1. The maximum Gasteiger partial charge on any atom is 0.380 e. The van der Waals surface area contributed by atoms with Gasteiger partial charge >= 0.3 is 11.7 Å². The molecule has 1 aromatic rings. The number of hydrogen-bond acceptors (Lipinski definition) is 8. The van der Waals surface area contributed by atoms with E-state index in [4.69, 9.17) is 0 Å². The van der Waals surface area contributed by atoms with Crippen LogP contribution in [0.1, 0.15) is 42.4 Å².